The zero-order valence-corrected chi connectivity index (χ0v) is 17.0. The molecule has 2 aromatic rings. The molecule has 1 aliphatic rings. The van der Waals surface area contributed by atoms with Gasteiger partial charge in [0.05, 0.1) is 29.6 Å². The SMILES string of the molecule is CCC(=O)Oc1ccc(/C=C2\C(=O)N(c3cccc(C(F)(F)F)c3)N=C2C)cc1OC. The minimum Gasteiger partial charge on any atom is -0.493 e. The van der Waals surface area contributed by atoms with Crippen LogP contribution in [0.15, 0.2) is 53.1 Å². The molecule has 0 aromatic heterocycles. The highest BCUT2D eigenvalue weighted by Crippen LogP contribution is 2.34. The molecule has 0 N–H and O–H groups in total. The van der Waals surface area contributed by atoms with Crippen molar-refractivity contribution >= 4 is 29.4 Å². The van der Waals surface area contributed by atoms with Crippen molar-refractivity contribution in [3.05, 3.63) is 59.2 Å². The average Bonchev–Trinajstić information content (AvgIpc) is 3.02. The highest BCUT2D eigenvalue weighted by atomic mass is 19.4. The number of ether oxygens (including phenoxy) is 2. The van der Waals surface area contributed by atoms with Crippen LogP contribution in [-0.2, 0) is 15.8 Å². The molecule has 1 aliphatic heterocycles. The summed E-state index contributed by atoms with van der Waals surface area (Å²) in [5.74, 6) is -0.441. The maximum absolute atomic E-state index is 13.0. The van der Waals surface area contributed by atoms with Crippen molar-refractivity contribution in [1.29, 1.82) is 0 Å². The molecular weight excluding hydrogens is 413 g/mol. The fourth-order valence-electron chi connectivity index (χ4n) is 2.89. The van der Waals surface area contributed by atoms with Crippen LogP contribution in [0.25, 0.3) is 6.08 Å². The average molecular weight is 432 g/mol. The third-order valence-electron chi connectivity index (χ3n) is 4.49. The fourth-order valence-corrected chi connectivity index (χ4v) is 2.89. The van der Waals surface area contributed by atoms with Crippen molar-refractivity contribution < 1.29 is 32.2 Å². The van der Waals surface area contributed by atoms with Gasteiger partial charge in [0.1, 0.15) is 0 Å². The smallest absolute Gasteiger partial charge is 0.416 e. The molecule has 1 heterocycles. The fraction of sp³-hybridized carbons (Fsp3) is 0.227. The zero-order valence-electron chi connectivity index (χ0n) is 17.0. The number of methoxy groups -OCH3 is 1. The van der Waals surface area contributed by atoms with Crippen molar-refractivity contribution in [3.8, 4) is 11.5 Å². The summed E-state index contributed by atoms with van der Waals surface area (Å²) in [6.07, 6.45) is -2.79. The van der Waals surface area contributed by atoms with Gasteiger partial charge >= 0.3 is 12.1 Å². The Balaban J connectivity index is 1.91. The van der Waals surface area contributed by atoms with Gasteiger partial charge in [-0.15, -0.1) is 0 Å². The van der Waals surface area contributed by atoms with E-state index < -0.39 is 23.6 Å². The molecule has 0 radical (unpaired) electrons. The van der Waals surface area contributed by atoms with Gasteiger partial charge in [-0.2, -0.15) is 23.3 Å². The molecule has 1 amide bonds. The number of rotatable bonds is 5. The number of esters is 1. The monoisotopic (exact) mass is 432 g/mol. The molecule has 0 saturated heterocycles. The molecule has 0 unspecified atom stereocenters. The summed E-state index contributed by atoms with van der Waals surface area (Å²) in [5, 5.41) is 5.05. The van der Waals surface area contributed by atoms with Gasteiger partial charge in [0.15, 0.2) is 11.5 Å². The molecule has 6 nitrogen and oxygen atoms in total. The third kappa shape index (κ3) is 4.76. The van der Waals surface area contributed by atoms with Crippen molar-refractivity contribution in [1.82, 2.24) is 0 Å². The standard InChI is InChI=1S/C22H19F3N2O4/c1-4-20(28)31-18-9-8-14(11-19(18)30-3)10-17-13(2)26-27(21(17)29)16-7-5-6-15(12-16)22(23,24)25/h5-12H,4H2,1-3H3/b17-10-. The molecule has 0 bridgehead atoms. The Labute approximate surface area is 176 Å². The van der Waals surface area contributed by atoms with E-state index in [1.807, 2.05) is 0 Å². The first-order chi connectivity index (χ1) is 14.6. The van der Waals surface area contributed by atoms with E-state index in [0.717, 1.165) is 17.1 Å². The summed E-state index contributed by atoms with van der Waals surface area (Å²) < 4.78 is 49.5. The lowest BCUT2D eigenvalue weighted by atomic mass is 10.1. The molecule has 0 aliphatic carbocycles. The predicted molar refractivity (Wildman–Crippen MR) is 109 cm³/mol. The Morgan fingerprint density at radius 3 is 2.55 bits per heavy atom. The van der Waals surface area contributed by atoms with Gasteiger partial charge in [-0.05, 0) is 48.9 Å². The molecule has 0 fully saturated rings. The van der Waals surface area contributed by atoms with Crippen molar-refractivity contribution in [3.63, 3.8) is 0 Å². The van der Waals surface area contributed by atoms with E-state index in [9.17, 15) is 22.8 Å². The van der Waals surface area contributed by atoms with Crippen LogP contribution in [0.2, 0.25) is 0 Å². The van der Waals surface area contributed by atoms with Crippen molar-refractivity contribution in [2.24, 2.45) is 5.10 Å². The number of hydrogen-bond acceptors (Lipinski definition) is 5. The van der Waals surface area contributed by atoms with Crippen LogP contribution in [0.1, 0.15) is 31.4 Å². The normalized spacial score (nSPS) is 15.3. The van der Waals surface area contributed by atoms with Crippen LogP contribution in [0.4, 0.5) is 18.9 Å². The summed E-state index contributed by atoms with van der Waals surface area (Å²) in [4.78, 5) is 24.4. The number of carbonyl (C=O) groups is 2. The minimum absolute atomic E-state index is 0.0157. The van der Waals surface area contributed by atoms with E-state index in [2.05, 4.69) is 5.10 Å². The summed E-state index contributed by atoms with van der Waals surface area (Å²) in [5.41, 5.74) is 0.282. The molecule has 3 rings (SSSR count). The first-order valence-electron chi connectivity index (χ1n) is 9.31. The van der Waals surface area contributed by atoms with E-state index >= 15 is 0 Å². The summed E-state index contributed by atoms with van der Waals surface area (Å²) in [6.45, 7) is 3.25. The number of hydrazone groups is 1. The van der Waals surface area contributed by atoms with Crippen LogP contribution in [-0.4, -0.2) is 24.7 Å². The Hall–Kier alpha value is -3.62. The largest absolute Gasteiger partial charge is 0.493 e. The topological polar surface area (TPSA) is 68.2 Å². The number of amides is 1. The van der Waals surface area contributed by atoms with E-state index in [1.54, 1.807) is 32.1 Å². The van der Waals surface area contributed by atoms with Crippen molar-refractivity contribution in [2.45, 2.75) is 26.4 Å². The molecular formula is C22H19F3N2O4. The first-order valence-corrected chi connectivity index (χ1v) is 9.31. The Kier molecular flexibility index (Phi) is 6.14. The van der Waals surface area contributed by atoms with Gasteiger partial charge in [0.2, 0.25) is 0 Å². The van der Waals surface area contributed by atoms with Gasteiger partial charge in [-0.25, -0.2) is 0 Å². The van der Waals surface area contributed by atoms with Gasteiger partial charge < -0.3 is 9.47 Å². The minimum atomic E-state index is -4.53. The summed E-state index contributed by atoms with van der Waals surface area (Å²) >= 11 is 0. The van der Waals surface area contributed by atoms with Crippen LogP contribution >= 0.6 is 0 Å². The van der Waals surface area contributed by atoms with E-state index in [-0.39, 0.29) is 23.4 Å². The number of carbonyl (C=O) groups excluding carboxylic acids is 2. The Bertz CT molecular complexity index is 1090. The molecule has 162 valence electrons. The molecule has 9 heteroatoms. The summed E-state index contributed by atoms with van der Waals surface area (Å²) in [7, 11) is 1.42. The van der Waals surface area contributed by atoms with Gasteiger partial charge in [0, 0.05) is 6.42 Å². The second-order valence-electron chi connectivity index (χ2n) is 6.65. The number of nitrogens with zero attached hydrogens (tertiary/aromatic N) is 2. The lowest BCUT2D eigenvalue weighted by Crippen LogP contribution is -2.21. The van der Waals surface area contributed by atoms with E-state index in [0.29, 0.717) is 17.0 Å². The molecule has 31 heavy (non-hydrogen) atoms. The molecule has 0 spiro atoms. The molecule has 2 aromatic carbocycles. The highest BCUT2D eigenvalue weighted by Gasteiger charge is 2.33. The van der Waals surface area contributed by atoms with Crippen LogP contribution in [0.3, 0.4) is 0 Å². The van der Waals surface area contributed by atoms with Gasteiger partial charge in [-0.1, -0.05) is 19.1 Å². The Morgan fingerprint density at radius 2 is 1.90 bits per heavy atom. The van der Waals surface area contributed by atoms with Crippen LogP contribution in [0, 0.1) is 0 Å². The molecule has 0 atom stereocenters. The number of anilines is 1. The number of halogens is 3. The zero-order chi connectivity index (χ0) is 22.8. The van der Waals surface area contributed by atoms with Crippen molar-refractivity contribution in [2.75, 3.05) is 12.1 Å². The van der Waals surface area contributed by atoms with E-state index in [1.165, 1.54) is 25.3 Å². The third-order valence-corrected chi connectivity index (χ3v) is 4.49. The highest BCUT2D eigenvalue weighted by molar-refractivity contribution is 6.32. The number of alkyl halides is 3. The second kappa shape index (κ2) is 8.63. The van der Waals surface area contributed by atoms with Gasteiger partial charge in [0.25, 0.3) is 5.91 Å². The lowest BCUT2D eigenvalue weighted by molar-refractivity contribution is -0.137. The number of benzene rings is 2. The first kappa shape index (κ1) is 22.1. The Morgan fingerprint density at radius 1 is 1.16 bits per heavy atom. The second-order valence-corrected chi connectivity index (χ2v) is 6.65. The van der Waals surface area contributed by atoms with Crippen LogP contribution < -0.4 is 14.5 Å². The van der Waals surface area contributed by atoms with Crippen LogP contribution in [0.5, 0.6) is 11.5 Å². The maximum atomic E-state index is 13.0. The van der Waals surface area contributed by atoms with E-state index in [4.69, 9.17) is 9.47 Å². The maximum Gasteiger partial charge on any atom is 0.416 e. The lowest BCUT2D eigenvalue weighted by Gasteiger charge is -2.14. The van der Waals surface area contributed by atoms with Gasteiger partial charge in [-0.3, -0.25) is 9.59 Å². The molecule has 0 saturated carbocycles. The quantitative estimate of drug-likeness (QED) is 0.385. The number of hydrogen-bond donors (Lipinski definition) is 0. The summed E-state index contributed by atoms with van der Waals surface area (Å²) in [6, 6.07) is 9.15. The predicted octanol–water partition coefficient (Wildman–Crippen LogP) is 4.84.